The van der Waals surface area contributed by atoms with Gasteiger partial charge in [-0.1, -0.05) is 18.2 Å². The van der Waals surface area contributed by atoms with Crippen molar-refractivity contribution in [3.05, 3.63) is 64.7 Å². The molecule has 0 aromatic heterocycles. The zero-order valence-electron chi connectivity index (χ0n) is 17.4. The average molecular weight is 383 g/mol. The Morgan fingerprint density at radius 1 is 1.07 bits per heavy atom. The molecule has 2 aromatic rings. The van der Waals surface area contributed by atoms with Crippen LogP contribution in [0.15, 0.2) is 42.5 Å². The summed E-state index contributed by atoms with van der Waals surface area (Å²) in [4.78, 5) is 16.3. The smallest absolute Gasteiger partial charge is 0.251 e. The number of carbonyl (C=O) groups is 1. The van der Waals surface area contributed by atoms with E-state index in [4.69, 9.17) is 4.74 Å². The highest BCUT2D eigenvalue weighted by Gasteiger charge is 2.27. The van der Waals surface area contributed by atoms with E-state index in [0.29, 0.717) is 6.54 Å². The summed E-state index contributed by atoms with van der Waals surface area (Å²) in [6, 6.07) is 14.8. The van der Waals surface area contributed by atoms with Crippen LogP contribution in [0.3, 0.4) is 0 Å². The van der Waals surface area contributed by atoms with E-state index in [1.165, 1.54) is 21.7 Å². The number of ether oxygens (including phenoxy) is 1. The maximum atomic E-state index is 12.7. The Kier molecular flexibility index (Phi) is 6.70. The molecule has 1 amide bonds. The van der Waals surface area contributed by atoms with Gasteiger partial charge >= 0.3 is 0 Å². The molecule has 1 aliphatic rings. The molecule has 1 atom stereocenters. The first-order valence-electron chi connectivity index (χ1n) is 10.0. The summed E-state index contributed by atoms with van der Waals surface area (Å²) in [6.45, 7) is 8.17. The van der Waals surface area contributed by atoms with Crippen LogP contribution >= 0.6 is 0 Å². The van der Waals surface area contributed by atoms with Crippen molar-refractivity contribution >= 4 is 11.6 Å². The first kappa shape index (κ1) is 20.4. The van der Waals surface area contributed by atoms with Crippen LogP contribution in [0.25, 0.3) is 0 Å². The van der Waals surface area contributed by atoms with Crippen molar-refractivity contribution in [2.24, 2.45) is 0 Å². The second kappa shape index (κ2) is 9.22. The summed E-state index contributed by atoms with van der Waals surface area (Å²) in [7, 11) is 4.09. The Morgan fingerprint density at radius 2 is 1.75 bits per heavy atom. The molecular weight excluding hydrogens is 350 g/mol. The van der Waals surface area contributed by atoms with Gasteiger partial charge in [0, 0.05) is 30.9 Å². The summed E-state index contributed by atoms with van der Waals surface area (Å²) in [5.41, 5.74) is 5.50. The van der Waals surface area contributed by atoms with Crippen LogP contribution in [-0.2, 0) is 4.74 Å². The SMILES string of the molecule is Cc1ccc(C(=O)NC[C@H](c2ccc(N(C)C)cc2)[NH+]2CCOCC2)cc1C. The molecule has 28 heavy (non-hydrogen) atoms. The zero-order valence-corrected chi connectivity index (χ0v) is 17.4. The second-order valence-corrected chi connectivity index (χ2v) is 7.82. The summed E-state index contributed by atoms with van der Waals surface area (Å²) >= 11 is 0. The molecule has 150 valence electrons. The normalized spacial score (nSPS) is 15.9. The Morgan fingerprint density at radius 3 is 2.36 bits per heavy atom. The Hall–Kier alpha value is -2.37. The molecule has 1 fully saturated rings. The van der Waals surface area contributed by atoms with E-state index in [2.05, 4.69) is 41.4 Å². The van der Waals surface area contributed by atoms with Crippen molar-refractivity contribution in [3.8, 4) is 0 Å². The molecule has 0 spiro atoms. The van der Waals surface area contributed by atoms with Crippen molar-refractivity contribution in [1.82, 2.24) is 5.32 Å². The highest BCUT2D eigenvalue weighted by atomic mass is 16.5. The largest absolute Gasteiger partial charge is 0.378 e. The van der Waals surface area contributed by atoms with E-state index in [0.717, 1.165) is 37.4 Å². The number of benzene rings is 2. The molecule has 0 radical (unpaired) electrons. The molecule has 0 saturated carbocycles. The molecule has 3 rings (SSSR count). The van der Waals surface area contributed by atoms with Gasteiger partial charge in [0.25, 0.3) is 5.91 Å². The number of morpholine rings is 1. The summed E-state index contributed by atoms with van der Waals surface area (Å²) in [5, 5.41) is 3.17. The predicted octanol–water partition coefficient (Wildman–Crippen LogP) is 1.76. The number of nitrogens with one attached hydrogen (secondary N) is 2. The van der Waals surface area contributed by atoms with Crippen molar-refractivity contribution in [2.75, 3.05) is 51.8 Å². The molecule has 2 N–H and O–H groups in total. The van der Waals surface area contributed by atoms with Crippen molar-refractivity contribution < 1.29 is 14.4 Å². The minimum Gasteiger partial charge on any atom is -0.378 e. The zero-order chi connectivity index (χ0) is 20.1. The number of quaternary nitrogens is 1. The van der Waals surface area contributed by atoms with Gasteiger partial charge in [-0.25, -0.2) is 0 Å². The maximum absolute atomic E-state index is 12.7. The number of rotatable bonds is 6. The van der Waals surface area contributed by atoms with Gasteiger partial charge in [0.1, 0.15) is 19.1 Å². The number of amides is 1. The summed E-state index contributed by atoms with van der Waals surface area (Å²) in [5.74, 6) is -0.00864. The quantitative estimate of drug-likeness (QED) is 0.800. The lowest BCUT2D eigenvalue weighted by molar-refractivity contribution is -0.937. The van der Waals surface area contributed by atoms with E-state index in [1.54, 1.807) is 0 Å². The first-order valence-corrected chi connectivity index (χ1v) is 10.0. The average Bonchev–Trinajstić information content (AvgIpc) is 2.71. The van der Waals surface area contributed by atoms with Gasteiger partial charge in [0.05, 0.1) is 19.8 Å². The van der Waals surface area contributed by atoms with Gasteiger partial charge in [-0.3, -0.25) is 4.79 Å². The van der Waals surface area contributed by atoms with Gasteiger partial charge in [-0.2, -0.15) is 0 Å². The van der Waals surface area contributed by atoms with E-state index < -0.39 is 0 Å². The minimum absolute atomic E-state index is 0.00864. The molecule has 1 aliphatic heterocycles. The third-order valence-corrected chi connectivity index (χ3v) is 5.68. The third kappa shape index (κ3) is 4.91. The fraction of sp³-hybridized carbons (Fsp3) is 0.435. The van der Waals surface area contributed by atoms with E-state index in [9.17, 15) is 4.79 Å². The minimum atomic E-state index is -0.00864. The summed E-state index contributed by atoms with van der Waals surface area (Å²) in [6.07, 6.45) is 0. The van der Waals surface area contributed by atoms with Crippen LogP contribution in [0, 0.1) is 13.8 Å². The Bertz CT molecular complexity index is 796. The fourth-order valence-electron chi connectivity index (χ4n) is 3.66. The van der Waals surface area contributed by atoms with E-state index in [1.807, 2.05) is 39.2 Å². The van der Waals surface area contributed by atoms with Gasteiger partial charge < -0.3 is 19.9 Å². The number of anilines is 1. The number of carbonyl (C=O) groups excluding carboxylic acids is 1. The molecule has 0 aliphatic carbocycles. The van der Waals surface area contributed by atoms with Crippen LogP contribution in [0.1, 0.15) is 33.1 Å². The van der Waals surface area contributed by atoms with Crippen LogP contribution in [-0.4, -0.2) is 52.9 Å². The fourth-order valence-corrected chi connectivity index (χ4v) is 3.66. The lowest BCUT2D eigenvalue weighted by atomic mass is 10.0. The highest BCUT2D eigenvalue weighted by molar-refractivity contribution is 5.94. The van der Waals surface area contributed by atoms with Crippen LogP contribution in [0.5, 0.6) is 0 Å². The molecule has 0 bridgehead atoms. The molecule has 5 nitrogen and oxygen atoms in total. The lowest BCUT2D eigenvalue weighted by Gasteiger charge is -2.32. The second-order valence-electron chi connectivity index (χ2n) is 7.82. The number of hydrogen-bond donors (Lipinski definition) is 2. The first-order chi connectivity index (χ1) is 13.5. The summed E-state index contributed by atoms with van der Waals surface area (Å²) < 4.78 is 5.54. The maximum Gasteiger partial charge on any atom is 0.251 e. The monoisotopic (exact) mass is 382 g/mol. The lowest BCUT2D eigenvalue weighted by Crippen LogP contribution is -3.15. The van der Waals surface area contributed by atoms with Crippen LogP contribution in [0.2, 0.25) is 0 Å². The van der Waals surface area contributed by atoms with Gasteiger partial charge in [0.2, 0.25) is 0 Å². The Labute approximate surface area is 168 Å². The molecular formula is C23H32N3O2+. The van der Waals surface area contributed by atoms with Gasteiger partial charge in [-0.05, 0) is 49.2 Å². The van der Waals surface area contributed by atoms with Crippen LogP contribution < -0.4 is 15.1 Å². The molecule has 1 heterocycles. The standard InChI is InChI=1S/C23H31N3O2/c1-17-5-6-20(15-18(17)2)23(27)24-16-22(26-11-13-28-14-12-26)19-7-9-21(10-8-19)25(3)4/h5-10,15,22H,11-14,16H2,1-4H3,(H,24,27)/p+1/t22-/m1/s1. The highest BCUT2D eigenvalue weighted by Crippen LogP contribution is 2.17. The predicted molar refractivity (Wildman–Crippen MR) is 113 cm³/mol. The van der Waals surface area contributed by atoms with Gasteiger partial charge in [0.15, 0.2) is 0 Å². The molecule has 1 saturated heterocycles. The van der Waals surface area contributed by atoms with Crippen LogP contribution in [0.4, 0.5) is 5.69 Å². The van der Waals surface area contributed by atoms with Crippen molar-refractivity contribution in [2.45, 2.75) is 19.9 Å². The third-order valence-electron chi connectivity index (χ3n) is 5.68. The molecule has 0 unspecified atom stereocenters. The Balaban J connectivity index is 1.75. The number of nitrogens with zero attached hydrogens (tertiary/aromatic N) is 1. The molecule has 2 aromatic carbocycles. The molecule has 5 heteroatoms. The van der Waals surface area contributed by atoms with E-state index in [-0.39, 0.29) is 11.9 Å². The number of hydrogen-bond acceptors (Lipinski definition) is 3. The van der Waals surface area contributed by atoms with Gasteiger partial charge in [-0.15, -0.1) is 0 Å². The number of aryl methyl sites for hydroxylation is 2. The van der Waals surface area contributed by atoms with E-state index >= 15 is 0 Å². The van der Waals surface area contributed by atoms with Crippen molar-refractivity contribution in [3.63, 3.8) is 0 Å². The topological polar surface area (TPSA) is 46.0 Å². The van der Waals surface area contributed by atoms with Crippen molar-refractivity contribution in [1.29, 1.82) is 0 Å².